The first-order valence-corrected chi connectivity index (χ1v) is 16.0. The van der Waals surface area contributed by atoms with Gasteiger partial charge in [-0.15, -0.1) is 0 Å². The molecule has 0 radical (unpaired) electrons. The number of hydrogen-bond acceptors (Lipinski definition) is 13. The Morgan fingerprint density at radius 1 is 0.553 bits per heavy atom. The summed E-state index contributed by atoms with van der Waals surface area (Å²) in [6.45, 7) is 19.3. The molecule has 3 aromatic rings. The highest BCUT2D eigenvalue weighted by molar-refractivity contribution is 9.10. The van der Waals surface area contributed by atoms with Gasteiger partial charge in [-0.3, -0.25) is 0 Å². The molecule has 0 aromatic carbocycles. The molecule has 0 fully saturated rings. The van der Waals surface area contributed by atoms with Crippen LogP contribution >= 0.6 is 43.5 Å². The smallest absolute Gasteiger partial charge is 0.461 e. The molecule has 13 nitrogen and oxygen atoms in total. The molecule has 0 aliphatic carbocycles. The largest absolute Gasteiger partial charge is 0.639 e. The third kappa shape index (κ3) is 28.7. The van der Waals surface area contributed by atoms with Gasteiger partial charge in [0.25, 0.3) is 0 Å². The van der Waals surface area contributed by atoms with E-state index < -0.39 is 14.4 Å². The quantitative estimate of drug-likeness (QED) is 0.162. The lowest BCUT2D eigenvalue weighted by molar-refractivity contribution is 0.0335. The van der Waals surface area contributed by atoms with Gasteiger partial charge < -0.3 is 33.5 Å². The third-order valence-corrected chi connectivity index (χ3v) is 4.98. The van der Waals surface area contributed by atoms with Gasteiger partial charge in [-0.2, -0.15) is 0 Å². The minimum absolute atomic E-state index is 0. The lowest BCUT2D eigenvalue weighted by Gasteiger charge is -2.20. The van der Waals surface area contributed by atoms with E-state index in [2.05, 4.69) is 61.8 Å². The molecular weight excluding hydrogens is 761 g/mol. The number of ether oxygens (including phenoxy) is 2. The van der Waals surface area contributed by atoms with E-state index >= 15 is 0 Å². The summed E-state index contributed by atoms with van der Waals surface area (Å²) in [6, 6.07) is 0.655. The predicted octanol–water partition coefficient (Wildman–Crippen LogP) is 6.38. The van der Waals surface area contributed by atoms with Gasteiger partial charge >= 0.3 is 26.5 Å². The fourth-order valence-electron chi connectivity index (χ4n) is 2.36. The number of rotatable bonds is 11. The molecule has 0 aliphatic rings. The minimum atomic E-state index is -1.53. The lowest BCUT2D eigenvalue weighted by atomic mass is 9.83. The zero-order valence-corrected chi connectivity index (χ0v) is 31.2. The van der Waals surface area contributed by atoms with Gasteiger partial charge in [0.1, 0.15) is 0 Å². The van der Waals surface area contributed by atoms with Crippen molar-refractivity contribution in [3.63, 3.8) is 0 Å². The third-order valence-electron chi connectivity index (χ3n) is 3.96. The molecular formula is C29H51B2Br2ClN6O7. The molecule has 0 atom stereocenters. The molecule has 0 spiro atoms. The van der Waals surface area contributed by atoms with Gasteiger partial charge in [-0.05, 0) is 113 Å². The van der Waals surface area contributed by atoms with Crippen LogP contribution in [0.25, 0.3) is 0 Å². The van der Waals surface area contributed by atoms with E-state index in [0.717, 1.165) is 8.95 Å². The average Bonchev–Trinajstić information content (AvgIpc) is 2.91. The van der Waals surface area contributed by atoms with Crippen LogP contribution in [0.2, 0.25) is 5.28 Å². The Balaban J connectivity index is -0.000000548. The van der Waals surface area contributed by atoms with Crippen molar-refractivity contribution in [2.24, 2.45) is 0 Å². The predicted molar refractivity (Wildman–Crippen MR) is 196 cm³/mol. The van der Waals surface area contributed by atoms with E-state index in [1.54, 1.807) is 24.8 Å². The van der Waals surface area contributed by atoms with Crippen LogP contribution in [0, 0.1) is 0 Å². The van der Waals surface area contributed by atoms with Crippen LogP contribution < -0.4 is 14.9 Å². The summed E-state index contributed by atoms with van der Waals surface area (Å²) < 4.78 is 28.4. The van der Waals surface area contributed by atoms with Crippen LogP contribution in [0.1, 0.15) is 84.1 Å². The standard InChI is InChI=1S/C9H21BO3.C7H11BN2O3.C7H9BrN2O.C4H2BrClN2.2CH4/c1-7(2)11-10(12-8(3)4)13-9(5)6;1-5(2)13-7-9-3-6(4-10-7)8(11)12;1-5(2)11-7-9-3-6(8)4-10-7;5-3-1-7-4(6)8-2-3;;/h7-9H,1-6H3;3-5,11-12H,1-2H3;3-5H,1-2H3;1-2H;2*1H4. The van der Waals surface area contributed by atoms with Crippen LogP contribution in [0.4, 0.5) is 0 Å². The van der Waals surface area contributed by atoms with Crippen molar-refractivity contribution in [2.45, 2.75) is 115 Å². The molecule has 2 N–H and O–H groups in total. The molecule has 47 heavy (non-hydrogen) atoms. The second-order valence-corrected chi connectivity index (χ2v) is 12.4. The minimum Gasteiger partial charge on any atom is -0.461 e. The maximum Gasteiger partial charge on any atom is 0.639 e. The van der Waals surface area contributed by atoms with Gasteiger partial charge in [-0.1, -0.05) is 14.9 Å². The Morgan fingerprint density at radius 3 is 1.11 bits per heavy atom. The van der Waals surface area contributed by atoms with Crippen LogP contribution in [-0.4, -0.2) is 84.9 Å². The Labute approximate surface area is 303 Å². The van der Waals surface area contributed by atoms with E-state index in [1.807, 2.05) is 69.2 Å². The number of hydrogen-bond donors (Lipinski definition) is 2. The topological polar surface area (TPSA) is 164 Å². The second-order valence-electron chi connectivity index (χ2n) is 10.2. The summed E-state index contributed by atoms with van der Waals surface area (Å²) in [4.78, 5) is 22.8. The number of aromatic nitrogens is 6. The zero-order valence-electron chi connectivity index (χ0n) is 27.3. The Morgan fingerprint density at radius 2 is 0.851 bits per heavy atom. The van der Waals surface area contributed by atoms with E-state index in [9.17, 15) is 0 Å². The summed E-state index contributed by atoms with van der Waals surface area (Å²) in [5, 5.41) is 17.7. The number of halogens is 3. The first kappa shape index (κ1) is 49.4. The monoisotopic (exact) mass is 810 g/mol. The van der Waals surface area contributed by atoms with Gasteiger partial charge in [0.2, 0.25) is 5.28 Å². The van der Waals surface area contributed by atoms with Crippen molar-refractivity contribution >= 4 is 63.4 Å². The summed E-state index contributed by atoms with van der Waals surface area (Å²) in [5.41, 5.74) is 0.246. The summed E-state index contributed by atoms with van der Waals surface area (Å²) in [5.74, 6) is 0. The fraction of sp³-hybridized carbons (Fsp3) is 0.586. The van der Waals surface area contributed by atoms with Crippen molar-refractivity contribution < 1.29 is 33.5 Å². The number of nitrogens with zero attached hydrogens (tertiary/aromatic N) is 6. The van der Waals surface area contributed by atoms with Gasteiger partial charge in [0, 0.05) is 61.0 Å². The molecule has 0 unspecified atom stereocenters. The maximum absolute atomic E-state index is 8.73. The SMILES string of the molecule is C.C.CC(C)OB(OC(C)C)OC(C)C.CC(C)Oc1ncc(B(O)O)cn1.CC(C)Oc1ncc(Br)cn1.Clc1ncc(Br)cn1. The second kappa shape index (κ2) is 27.9. The van der Waals surface area contributed by atoms with Gasteiger partial charge in [0.05, 0.1) is 21.2 Å². The van der Waals surface area contributed by atoms with Crippen molar-refractivity contribution in [1.82, 2.24) is 29.9 Å². The van der Waals surface area contributed by atoms with E-state index in [4.69, 9.17) is 45.1 Å². The fourth-order valence-corrected chi connectivity index (χ4v) is 2.87. The highest BCUT2D eigenvalue weighted by Gasteiger charge is 2.25. The molecule has 18 heteroatoms. The Bertz CT molecular complexity index is 1110. The highest BCUT2D eigenvalue weighted by atomic mass is 79.9. The van der Waals surface area contributed by atoms with Crippen molar-refractivity contribution in [3.8, 4) is 12.0 Å². The molecule has 0 aliphatic heterocycles. The first-order chi connectivity index (χ1) is 21.0. The van der Waals surface area contributed by atoms with E-state index in [0.29, 0.717) is 6.01 Å². The average molecular weight is 813 g/mol. The Hall–Kier alpha value is -1.98. The first-order valence-electron chi connectivity index (χ1n) is 14.1. The molecule has 0 bridgehead atoms. The van der Waals surface area contributed by atoms with Gasteiger partial charge in [0.15, 0.2) is 0 Å². The molecule has 3 heterocycles. The highest BCUT2D eigenvalue weighted by Crippen LogP contribution is 2.09. The van der Waals surface area contributed by atoms with Crippen LogP contribution in [0.15, 0.2) is 46.1 Å². The van der Waals surface area contributed by atoms with E-state index in [-0.39, 0.29) is 62.1 Å². The van der Waals surface area contributed by atoms with Crippen molar-refractivity contribution in [1.29, 1.82) is 0 Å². The van der Waals surface area contributed by atoms with E-state index in [1.165, 1.54) is 12.4 Å². The molecule has 3 rings (SSSR count). The summed E-state index contributed by atoms with van der Waals surface area (Å²) >= 11 is 11.8. The normalized spacial score (nSPS) is 10.0. The van der Waals surface area contributed by atoms with Gasteiger partial charge in [-0.25, -0.2) is 29.9 Å². The molecule has 0 saturated heterocycles. The maximum atomic E-state index is 8.73. The van der Waals surface area contributed by atoms with Crippen LogP contribution in [-0.2, 0) is 14.0 Å². The van der Waals surface area contributed by atoms with Crippen molar-refractivity contribution in [3.05, 3.63) is 51.4 Å². The van der Waals surface area contributed by atoms with Crippen molar-refractivity contribution in [2.75, 3.05) is 0 Å². The van der Waals surface area contributed by atoms with Crippen LogP contribution in [0.3, 0.4) is 0 Å². The molecule has 266 valence electrons. The molecule has 0 amide bonds. The molecule has 3 aromatic heterocycles. The van der Waals surface area contributed by atoms with Crippen LogP contribution in [0.5, 0.6) is 12.0 Å². The Kier molecular flexibility index (Phi) is 29.3. The summed E-state index contributed by atoms with van der Waals surface area (Å²) in [6.07, 6.45) is 9.60. The lowest BCUT2D eigenvalue weighted by Crippen LogP contribution is -2.34. The molecule has 0 saturated carbocycles. The summed E-state index contributed by atoms with van der Waals surface area (Å²) in [7, 11) is -2.08. The zero-order chi connectivity index (χ0) is 34.5.